The van der Waals surface area contributed by atoms with E-state index in [1.54, 1.807) is 6.07 Å². The summed E-state index contributed by atoms with van der Waals surface area (Å²) in [6, 6.07) is 3.66. The molecule has 104 valence electrons. The molecule has 3 heterocycles. The van der Waals surface area contributed by atoms with Crippen LogP contribution in [0, 0.1) is 12.8 Å². The average molecular weight is 280 g/mol. The Balaban J connectivity index is 1.72. The fraction of sp³-hybridized carbons (Fsp3) is 0.667. The highest BCUT2D eigenvalue weighted by Gasteiger charge is 2.41. The lowest BCUT2D eigenvalue weighted by Crippen LogP contribution is -2.44. The van der Waals surface area contributed by atoms with Crippen LogP contribution in [0.4, 0.5) is 0 Å². The smallest absolute Gasteiger partial charge is 0.201 e. The van der Waals surface area contributed by atoms with E-state index < -0.39 is 0 Å². The molecule has 1 aromatic rings. The monoisotopic (exact) mass is 280 g/mol. The number of aryl methyl sites for hydroxylation is 1. The molecule has 1 spiro atoms. The van der Waals surface area contributed by atoms with Crippen LogP contribution in [0.25, 0.3) is 0 Å². The van der Waals surface area contributed by atoms with Gasteiger partial charge in [0, 0.05) is 12.5 Å². The van der Waals surface area contributed by atoms with Crippen molar-refractivity contribution in [3.63, 3.8) is 0 Å². The Morgan fingerprint density at radius 1 is 1.37 bits per heavy atom. The van der Waals surface area contributed by atoms with E-state index in [4.69, 9.17) is 9.15 Å². The zero-order valence-electron chi connectivity index (χ0n) is 11.3. The second kappa shape index (κ2) is 5.33. The zero-order valence-corrected chi connectivity index (χ0v) is 12.1. The van der Waals surface area contributed by atoms with E-state index in [0.29, 0.717) is 12.4 Å². The van der Waals surface area contributed by atoms with Crippen molar-refractivity contribution < 1.29 is 13.9 Å². The summed E-state index contributed by atoms with van der Waals surface area (Å²) in [6.07, 6.45) is 3.86. The summed E-state index contributed by atoms with van der Waals surface area (Å²) in [4.78, 5) is 12.5. The molecule has 1 atom stereocenters. The molecule has 0 saturated carbocycles. The highest BCUT2D eigenvalue weighted by atomic mass is 32.2. The van der Waals surface area contributed by atoms with Gasteiger partial charge in [0.25, 0.3) is 0 Å². The Morgan fingerprint density at radius 3 is 2.84 bits per heavy atom. The standard InChI is InChI=1S/C15H20O3S/c1-11-2-3-13(18-11)14(16)12-4-7-17-15(10-12)5-8-19-9-6-15/h2-3,12H,4-10H2,1H3. The van der Waals surface area contributed by atoms with E-state index >= 15 is 0 Å². The lowest BCUT2D eigenvalue weighted by atomic mass is 9.79. The number of hydrogen-bond donors (Lipinski definition) is 0. The molecule has 0 radical (unpaired) electrons. The summed E-state index contributed by atoms with van der Waals surface area (Å²) in [5.41, 5.74) is -0.0362. The lowest BCUT2D eigenvalue weighted by Gasteiger charge is -2.42. The molecule has 2 aliphatic heterocycles. The van der Waals surface area contributed by atoms with Crippen LogP contribution in [-0.4, -0.2) is 29.5 Å². The highest BCUT2D eigenvalue weighted by molar-refractivity contribution is 7.99. The third-order valence-corrected chi connectivity index (χ3v) is 5.24. The van der Waals surface area contributed by atoms with Crippen molar-refractivity contribution in [3.8, 4) is 0 Å². The Morgan fingerprint density at radius 2 is 2.16 bits per heavy atom. The van der Waals surface area contributed by atoms with Gasteiger partial charge in [-0.25, -0.2) is 0 Å². The van der Waals surface area contributed by atoms with E-state index in [1.165, 1.54) is 0 Å². The number of thioether (sulfide) groups is 1. The minimum Gasteiger partial charge on any atom is -0.458 e. The Labute approximate surface area is 118 Å². The number of ether oxygens (including phenoxy) is 1. The largest absolute Gasteiger partial charge is 0.458 e. The first-order chi connectivity index (χ1) is 9.19. The molecule has 0 N–H and O–H groups in total. The lowest BCUT2D eigenvalue weighted by molar-refractivity contribution is -0.0961. The molecule has 0 amide bonds. The molecule has 3 nitrogen and oxygen atoms in total. The SMILES string of the molecule is Cc1ccc(C(=O)C2CCOC3(CCSCC3)C2)o1. The van der Waals surface area contributed by atoms with Gasteiger partial charge in [0.15, 0.2) is 5.76 Å². The number of ketones is 1. The fourth-order valence-electron chi connectivity index (χ4n) is 3.11. The van der Waals surface area contributed by atoms with Gasteiger partial charge >= 0.3 is 0 Å². The quantitative estimate of drug-likeness (QED) is 0.778. The molecule has 2 fully saturated rings. The van der Waals surface area contributed by atoms with Crippen molar-refractivity contribution in [1.82, 2.24) is 0 Å². The zero-order chi connectivity index (χ0) is 13.3. The normalized spacial score (nSPS) is 26.5. The molecule has 2 aliphatic rings. The van der Waals surface area contributed by atoms with Crippen molar-refractivity contribution >= 4 is 17.5 Å². The summed E-state index contributed by atoms with van der Waals surface area (Å²) in [5.74, 6) is 3.86. The van der Waals surface area contributed by atoms with E-state index in [9.17, 15) is 4.79 Å². The first-order valence-corrected chi connectivity index (χ1v) is 8.16. The van der Waals surface area contributed by atoms with E-state index in [0.717, 1.165) is 42.9 Å². The minimum atomic E-state index is -0.0362. The van der Waals surface area contributed by atoms with Gasteiger partial charge in [-0.3, -0.25) is 4.79 Å². The molecule has 2 saturated heterocycles. The van der Waals surface area contributed by atoms with Crippen molar-refractivity contribution in [1.29, 1.82) is 0 Å². The van der Waals surface area contributed by atoms with Crippen molar-refractivity contribution in [2.24, 2.45) is 5.92 Å². The van der Waals surface area contributed by atoms with Gasteiger partial charge in [0.1, 0.15) is 5.76 Å². The fourth-order valence-corrected chi connectivity index (χ4v) is 4.35. The molecule has 4 heteroatoms. The first-order valence-electron chi connectivity index (χ1n) is 7.01. The van der Waals surface area contributed by atoms with E-state index in [1.807, 2.05) is 24.8 Å². The topological polar surface area (TPSA) is 39.4 Å². The minimum absolute atomic E-state index is 0.0362. The predicted molar refractivity (Wildman–Crippen MR) is 75.7 cm³/mol. The van der Waals surface area contributed by atoms with Crippen LogP contribution in [0.15, 0.2) is 16.5 Å². The molecular weight excluding hydrogens is 260 g/mol. The van der Waals surface area contributed by atoms with Crippen molar-refractivity contribution in [3.05, 3.63) is 23.7 Å². The Hall–Kier alpha value is -0.740. The van der Waals surface area contributed by atoms with Gasteiger partial charge in [0.2, 0.25) is 5.78 Å². The van der Waals surface area contributed by atoms with Gasteiger partial charge < -0.3 is 9.15 Å². The van der Waals surface area contributed by atoms with Crippen LogP contribution < -0.4 is 0 Å². The van der Waals surface area contributed by atoms with E-state index in [2.05, 4.69) is 0 Å². The molecule has 0 bridgehead atoms. The Bertz CT molecular complexity index is 454. The van der Waals surface area contributed by atoms with Crippen LogP contribution >= 0.6 is 11.8 Å². The summed E-state index contributed by atoms with van der Waals surface area (Å²) in [7, 11) is 0. The van der Waals surface area contributed by atoms with Crippen LogP contribution in [0.2, 0.25) is 0 Å². The van der Waals surface area contributed by atoms with Gasteiger partial charge in [-0.05, 0) is 56.2 Å². The Kier molecular flexibility index (Phi) is 3.72. The maximum Gasteiger partial charge on any atom is 0.201 e. The van der Waals surface area contributed by atoms with E-state index in [-0.39, 0.29) is 17.3 Å². The number of carbonyl (C=O) groups is 1. The molecule has 1 aromatic heterocycles. The number of hydrogen-bond acceptors (Lipinski definition) is 4. The molecule has 0 aliphatic carbocycles. The van der Waals surface area contributed by atoms with Gasteiger partial charge in [-0.1, -0.05) is 0 Å². The van der Waals surface area contributed by atoms with Crippen molar-refractivity contribution in [2.75, 3.05) is 18.1 Å². The van der Waals surface area contributed by atoms with Crippen LogP contribution in [0.3, 0.4) is 0 Å². The molecule has 3 rings (SSSR count). The molecule has 1 unspecified atom stereocenters. The number of Topliss-reactive ketones (excluding diaryl/α,β-unsaturated/α-hetero) is 1. The highest BCUT2D eigenvalue weighted by Crippen LogP contribution is 2.40. The predicted octanol–water partition coefficient (Wildman–Crippen LogP) is 3.46. The number of carbonyl (C=O) groups excluding carboxylic acids is 1. The third-order valence-electron chi connectivity index (χ3n) is 4.25. The second-order valence-electron chi connectivity index (χ2n) is 5.61. The van der Waals surface area contributed by atoms with Crippen LogP contribution in [0.1, 0.15) is 42.0 Å². The van der Waals surface area contributed by atoms with Crippen LogP contribution in [0.5, 0.6) is 0 Å². The van der Waals surface area contributed by atoms with Gasteiger partial charge in [0.05, 0.1) is 5.60 Å². The number of furan rings is 1. The summed E-state index contributed by atoms with van der Waals surface area (Å²) >= 11 is 1.99. The maximum atomic E-state index is 12.5. The first kappa shape index (κ1) is 13.3. The summed E-state index contributed by atoms with van der Waals surface area (Å²) in [5, 5.41) is 0. The third kappa shape index (κ3) is 2.75. The summed E-state index contributed by atoms with van der Waals surface area (Å²) in [6.45, 7) is 2.58. The van der Waals surface area contributed by atoms with Gasteiger partial charge in [-0.2, -0.15) is 11.8 Å². The second-order valence-corrected chi connectivity index (χ2v) is 6.83. The molecular formula is C15H20O3S. The maximum absolute atomic E-state index is 12.5. The van der Waals surface area contributed by atoms with Gasteiger partial charge in [-0.15, -0.1) is 0 Å². The average Bonchev–Trinajstić information content (AvgIpc) is 2.85. The number of rotatable bonds is 2. The van der Waals surface area contributed by atoms with Crippen LogP contribution in [-0.2, 0) is 4.74 Å². The molecule has 0 aromatic carbocycles. The molecule has 19 heavy (non-hydrogen) atoms. The summed E-state index contributed by atoms with van der Waals surface area (Å²) < 4.78 is 11.5. The van der Waals surface area contributed by atoms with Crippen molar-refractivity contribution in [2.45, 2.75) is 38.2 Å².